The minimum atomic E-state index is -1.50. The van der Waals surface area contributed by atoms with E-state index in [9.17, 15) is 18.7 Å². The third-order valence-electron chi connectivity index (χ3n) is 12.2. The summed E-state index contributed by atoms with van der Waals surface area (Å²) in [6.45, 7) is 7.64. The Morgan fingerprint density at radius 2 is 1.73 bits per heavy atom. The van der Waals surface area contributed by atoms with E-state index in [1.807, 2.05) is 13.8 Å². The van der Waals surface area contributed by atoms with E-state index in [1.165, 1.54) is 29.8 Å². The molecule has 4 bridgehead atoms. The number of likely N-dealkylation sites (N-methyl/N-ethyl adjacent to an activating group) is 1. The molecule has 0 radical (unpaired) electrons. The number of alkyl halides is 1. The van der Waals surface area contributed by atoms with E-state index in [-0.39, 0.29) is 48.6 Å². The van der Waals surface area contributed by atoms with Gasteiger partial charge in [-0.05, 0) is 91.7 Å². The number of carboxylic acids is 1. The second-order valence-corrected chi connectivity index (χ2v) is 18.9. The zero-order valence-corrected chi connectivity index (χ0v) is 40.8. The molecule has 0 spiro atoms. The van der Waals surface area contributed by atoms with Crippen molar-refractivity contribution in [1.29, 1.82) is 0 Å². The van der Waals surface area contributed by atoms with Gasteiger partial charge >= 0.3 is 5.97 Å². The topological polar surface area (TPSA) is 183 Å². The van der Waals surface area contributed by atoms with E-state index in [2.05, 4.69) is 42.1 Å². The summed E-state index contributed by atoms with van der Waals surface area (Å²) in [5, 5.41) is 14.8. The Bertz CT molecular complexity index is 2990. The first-order chi connectivity index (χ1) is 33.8. The van der Waals surface area contributed by atoms with Crippen LogP contribution in [0.4, 0.5) is 14.6 Å². The zero-order valence-electron chi connectivity index (χ0n) is 38.4. The first-order valence-corrected chi connectivity index (χ1v) is 24.1. The van der Waals surface area contributed by atoms with Crippen molar-refractivity contribution in [2.45, 2.75) is 45.3 Å². The van der Waals surface area contributed by atoms with Gasteiger partial charge in [-0.3, -0.25) is 4.90 Å². The Morgan fingerprint density at radius 3 is 2.44 bits per heavy atom. The van der Waals surface area contributed by atoms with Crippen LogP contribution in [0.3, 0.4) is 0 Å². The number of fused-ring (bicyclic) bond motifs is 7. The van der Waals surface area contributed by atoms with Crippen LogP contribution in [0.2, 0.25) is 10.0 Å². The summed E-state index contributed by atoms with van der Waals surface area (Å²) in [7, 11) is 2.09. The number of nitrogens with zero attached hydrogens (tertiary/aromatic N) is 7. The average molecular weight is 1010 g/mol. The number of carbonyl (C=O) groups is 1. The third kappa shape index (κ3) is 10.7. The number of benzene rings is 3. The fourth-order valence-electron chi connectivity index (χ4n) is 8.41. The summed E-state index contributed by atoms with van der Waals surface area (Å²) in [5.41, 5.74) is 10.2. The Labute approximate surface area is 416 Å². The number of hydrogen-bond donors (Lipinski definition) is 3. The number of aliphatic carboxylic acids is 1. The molecule has 0 aliphatic carbocycles. The highest BCUT2D eigenvalue weighted by Crippen LogP contribution is 2.53. The average Bonchev–Trinajstić information content (AvgIpc) is 3.75. The molecule has 4 aromatic heterocycles. The van der Waals surface area contributed by atoms with Crippen LogP contribution in [0.1, 0.15) is 22.4 Å². The molecular formula is C50H49Cl2F2N9O6S. The number of pyridine rings is 1. The molecule has 3 aliphatic rings. The van der Waals surface area contributed by atoms with Crippen LogP contribution >= 0.6 is 34.5 Å². The van der Waals surface area contributed by atoms with E-state index in [1.54, 1.807) is 60.9 Å². The maximum Gasteiger partial charge on any atom is 0.345 e. The molecule has 0 amide bonds. The van der Waals surface area contributed by atoms with Gasteiger partial charge in [-0.1, -0.05) is 35.3 Å². The summed E-state index contributed by atoms with van der Waals surface area (Å²) >= 11 is 16.0. The van der Waals surface area contributed by atoms with Gasteiger partial charge in [0.1, 0.15) is 59.8 Å². The Kier molecular flexibility index (Phi) is 14.9. The first kappa shape index (κ1) is 48.7. The molecule has 4 N–H and O–H groups in total. The van der Waals surface area contributed by atoms with Crippen LogP contribution in [-0.4, -0.2) is 124 Å². The van der Waals surface area contributed by atoms with Crippen LogP contribution in [0, 0.1) is 19.7 Å². The number of carboxylic acid groups (broad SMARTS) is 1. The Hall–Kier alpha value is -6.28. The second-order valence-electron chi connectivity index (χ2n) is 17.1. The summed E-state index contributed by atoms with van der Waals surface area (Å²) in [6, 6.07) is 16.4. The van der Waals surface area contributed by atoms with E-state index >= 15 is 0 Å². The minimum Gasteiger partial charge on any atom is -0.490 e. The van der Waals surface area contributed by atoms with Crippen molar-refractivity contribution in [2.75, 3.05) is 64.8 Å². The molecular weight excluding hydrogens is 964 g/mol. The molecule has 70 heavy (non-hydrogen) atoms. The summed E-state index contributed by atoms with van der Waals surface area (Å²) in [4.78, 5) is 41.8. The molecule has 1 saturated heterocycles. The third-order valence-corrected chi connectivity index (χ3v) is 14.3. The molecule has 3 aliphatic heterocycles. The number of nitrogens with one attached hydrogen (secondary N) is 1. The van der Waals surface area contributed by atoms with E-state index in [4.69, 9.17) is 52.9 Å². The maximum atomic E-state index is 14.4. The monoisotopic (exact) mass is 1010 g/mol. The summed E-state index contributed by atoms with van der Waals surface area (Å²) in [6.07, 6.45) is 1.06. The standard InChI is InChI=1S/C50H49Cl2F2N9O6S/c1-27-40-28(2)44(52)45(43(27)51)68-36(23-63-16-14-62(3)15-17-63)25-66-35-9-10-37(67-24-34-12-13-56-47(61-34)30-6-11-39(57-21-30)58-22-33(54)20-55)31(18-35)19-38(50(64)65)69-48-42-41(40)46(70-49(42)60-26-59-48)29-4-7-32(53)8-5-29/h4-13,18,21,26,33,36,38H,14-17,19-20,22-25,55H2,1-3H3,(H,57,58)(H,64,65)/t33?,36-,38-/m1/s1. The maximum absolute atomic E-state index is 14.4. The number of rotatable bonds is 12. The molecule has 364 valence electrons. The predicted molar refractivity (Wildman–Crippen MR) is 266 cm³/mol. The number of piperazine rings is 1. The molecule has 10 rings (SSSR count). The fraction of sp³-hybridized carbons (Fsp3) is 0.320. The molecule has 1 unspecified atom stereocenters. The SMILES string of the molecule is Cc1c(Cl)c2c(Cl)c(C)c1-c1c(-c3ccc(F)cc3)sc3ncnc(c13)O[C@@H](C(=O)O)Cc1cc(ccc1OCc1ccnc(-c3ccc(NCC(F)CN)nc3)n1)OC[C@@H](CN1CCN(C)CC1)O2. The Morgan fingerprint density at radius 1 is 0.971 bits per heavy atom. The Balaban J connectivity index is 1.11. The molecule has 7 aromatic rings. The lowest BCUT2D eigenvalue weighted by Crippen LogP contribution is -2.49. The van der Waals surface area contributed by atoms with Gasteiger partial charge in [0.2, 0.25) is 12.0 Å². The zero-order chi connectivity index (χ0) is 49.1. The largest absolute Gasteiger partial charge is 0.490 e. The molecule has 20 heteroatoms. The fourth-order valence-corrected chi connectivity index (χ4v) is 10.1. The van der Waals surface area contributed by atoms with Crippen molar-refractivity contribution in [2.24, 2.45) is 5.73 Å². The molecule has 0 saturated carbocycles. The molecule has 3 atom stereocenters. The van der Waals surface area contributed by atoms with Crippen molar-refractivity contribution >= 4 is 56.5 Å². The molecule has 1 fully saturated rings. The van der Waals surface area contributed by atoms with Gasteiger partial charge in [0.15, 0.2) is 11.6 Å². The molecule has 7 heterocycles. The number of ether oxygens (including phenoxy) is 4. The van der Waals surface area contributed by atoms with Crippen LogP contribution < -0.4 is 30.0 Å². The van der Waals surface area contributed by atoms with E-state index in [0.717, 1.165) is 26.2 Å². The van der Waals surface area contributed by atoms with Gasteiger partial charge in [0, 0.05) is 86.2 Å². The minimum absolute atomic E-state index is 0.00352. The highest BCUT2D eigenvalue weighted by atomic mass is 35.5. The van der Waals surface area contributed by atoms with Gasteiger partial charge in [0.05, 0.1) is 21.1 Å². The predicted octanol–water partition coefficient (Wildman–Crippen LogP) is 8.69. The lowest BCUT2D eigenvalue weighted by Gasteiger charge is -2.35. The van der Waals surface area contributed by atoms with Gasteiger partial charge in [0.25, 0.3) is 0 Å². The number of anilines is 1. The van der Waals surface area contributed by atoms with Crippen molar-refractivity contribution in [3.63, 3.8) is 0 Å². The van der Waals surface area contributed by atoms with Crippen molar-refractivity contribution in [1.82, 2.24) is 34.7 Å². The van der Waals surface area contributed by atoms with E-state index in [0.29, 0.717) is 95.2 Å². The van der Waals surface area contributed by atoms with Crippen LogP contribution in [0.15, 0.2) is 79.4 Å². The van der Waals surface area contributed by atoms with Crippen LogP contribution in [0.5, 0.6) is 23.1 Å². The normalized spacial score (nSPS) is 17.0. The number of aromatic nitrogens is 5. The molecule has 3 aromatic carbocycles. The van der Waals surface area contributed by atoms with Gasteiger partial charge < -0.3 is 40.0 Å². The lowest BCUT2D eigenvalue weighted by molar-refractivity contribution is -0.145. The number of halogens is 4. The van der Waals surface area contributed by atoms with Crippen LogP contribution in [0.25, 0.3) is 43.2 Å². The van der Waals surface area contributed by atoms with Crippen molar-refractivity contribution in [3.05, 3.63) is 118 Å². The highest BCUT2D eigenvalue weighted by Gasteiger charge is 2.32. The summed E-state index contributed by atoms with van der Waals surface area (Å²) in [5.74, 6) is 0.282. The second kappa shape index (κ2) is 21.4. The number of thiophene rings is 1. The van der Waals surface area contributed by atoms with Gasteiger partial charge in [-0.25, -0.2) is 38.5 Å². The van der Waals surface area contributed by atoms with Crippen molar-refractivity contribution < 1.29 is 37.6 Å². The summed E-state index contributed by atoms with van der Waals surface area (Å²) < 4.78 is 54.3. The van der Waals surface area contributed by atoms with E-state index < -0.39 is 30.2 Å². The smallest absolute Gasteiger partial charge is 0.345 e. The quantitative estimate of drug-likeness (QED) is 0.106. The lowest BCUT2D eigenvalue weighted by atomic mass is 9.92. The number of hydrogen-bond acceptors (Lipinski definition) is 15. The van der Waals surface area contributed by atoms with Crippen molar-refractivity contribution in [3.8, 4) is 56.1 Å². The highest BCUT2D eigenvalue weighted by molar-refractivity contribution is 7.22. The van der Waals surface area contributed by atoms with Gasteiger partial charge in [-0.2, -0.15) is 0 Å². The first-order valence-electron chi connectivity index (χ1n) is 22.6. The van der Waals surface area contributed by atoms with Gasteiger partial charge in [-0.15, -0.1) is 11.3 Å². The van der Waals surface area contributed by atoms with Crippen LogP contribution in [-0.2, 0) is 17.8 Å². The molecule has 15 nitrogen and oxygen atoms in total. The number of nitrogens with two attached hydrogens (primary N) is 1.